The van der Waals surface area contributed by atoms with Crippen LogP contribution in [0.4, 0.5) is 10.1 Å². The molecule has 0 N–H and O–H groups in total. The number of carbonyl (C=O) groups excluding carboxylic acids is 1. The Labute approximate surface area is 192 Å². The molecule has 0 bridgehead atoms. The quantitative estimate of drug-likeness (QED) is 0.595. The number of rotatable bonds is 5. The smallest absolute Gasteiger partial charge is 0.241 e. The first kappa shape index (κ1) is 21.6. The fourth-order valence-corrected chi connectivity index (χ4v) is 4.65. The van der Waals surface area contributed by atoms with Gasteiger partial charge in [0, 0.05) is 43.3 Å². The predicted octanol–water partition coefficient (Wildman–Crippen LogP) is 3.44. The van der Waals surface area contributed by atoms with Crippen molar-refractivity contribution in [3.05, 3.63) is 66.3 Å². The summed E-state index contributed by atoms with van der Waals surface area (Å²) in [6.45, 7) is 5.26. The van der Waals surface area contributed by atoms with Crippen LogP contribution >= 0.6 is 0 Å². The van der Waals surface area contributed by atoms with Gasteiger partial charge in [-0.1, -0.05) is 35.5 Å². The van der Waals surface area contributed by atoms with E-state index >= 15 is 0 Å². The summed E-state index contributed by atoms with van der Waals surface area (Å²) in [5.74, 6) is 1.32. The van der Waals surface area contributed by atoms with Crippen molar-refractivity contribution in [1.29, 1.82) is 0 Å². The molecular formula is C25H28FN5O2. The molecule has 8 heteroatoms. The third kappa shape index (κ3) is 5.06. The Morgan fingerprint density at radius 2 is 1.64 bits per heavy atom. The minimum atomic E-state index is -0.227. The van der Waals surface area contributed by atoms with Gasteiger partial charge in [-0.15, -0.1) is 0 Å². The lowest BCUT2D eigenvalue weighted by atomic mass is 9.95. The van der Waals surface area contributed by atoms with Gasteiger partial charge >= 0.3 is 0 Å². The zero-order chi connectivity index (χ0) is 22.6. The molecule has 2 saturated heterocycles. The molecule has 2 aliphatic rings. The molecule has 1 amide bonds. The van der Waals surface area contributed by atoms with Crippen LogP contribution in [0.15, 0.2) is 59.1 Å². The molecular weight excluding hydrogens is 421 g/mol. The van der Waals surface area contributed by atoms with Crippen molar-refractivity contribution in [3.8, 4) is 11.4 Å². The molecule has 2 fully saturated rings. The van der Waals surface area contributed by atoms with Crippen LogP contribution in [0.1, 0.15) is 18.7 Å². The number of likely N-dealkylation sites (tertiary alicyclic amines) is 1. The van der Waals surface area contributed by atoms with E-state index in [0.717, 1.165) is 50.3 Å². The van der Waals surface area contributed by atoms with Gasteiger partial charge in [0.15, 0.2) is 0 Å². The molecule has 3 heterocycles. The molecule has 33 heavy (non-hydrogen) atoms. The molecule has 0 saturated carbocycles. The van der Waals surface area contributed by atoms with Crippen LogP contribution in [-0.4, -0.2) is 65.1 Å². The van der Waals surface area contributed by atoms with E-state index in [9.17, 15) is 9.18 Å². The topological polar surface area (TPSA) is 65.7 Å². The zero-order valence-electron chi connectivity index (χ0n) is 18.6. The Bertz CT molecular complexity index is 1060. The van der Waals surface area contributed by atoms with Gasteiger partial charge in [0.2, 0.25) is 17.6 Å². The van der Waals surface area contributed by atoms with E-state index in [1.54, 1.807) is 12.1 Å². The molecule has 0 spiro atoms. The number of piperazine rings is 1. The zero-order valence-corrected chi connectivity index (χ0v) is 18.6. The van der Waals surface area contributed by atoms with E-state index in [2.05, 4.69) is 19.9 Å². The second-order valence-corrected chi connectivity index (χ2v) is 8.72. The van der Waals surface area contributed by atoms with E-state index in [4.69, 9.17) is 4.52 Å². The Morgan fingerprint density at radius 1 is 0.939 bits per heavy atom. The van der Waals surface area contributed by atoms with Crippen LogP contribution < -0.4 is 4.90 Å². The van der Waals surface area contributed by atoms with Crippen LogP contribution in [0.2, 0.25) is 0 Å². The van der Waals surface area contributed by atoms with Gasteiger partial charge < -0.3 is 14.3 Å². The van der Waals surface area contributed by atoms with Crippen molar-refractivity contribution in [2.24, 2.45) is 5.92 Å². The molecule has 3 aromatic rings. The average molecular weight is 450 g/mol. The van der Waals surface area contributed by atoms with E-state index in [0.29, 0.717) is 31.3 Å². The Balaban J connectivity index is 1.09. The summed E-state index contributed by atoms with van der Waals surface area (Å²) >= 11 is 0. The highest BCUT2D eigenvalue weighted by Crippen LogP contribution is 2.24. The van der Waals surface area contributed by atoms with E-state index in [-0.39, 0.29) is 17.6 Å². The average Bonchev–Trinajstić information content (AvgIpc) is 3.34. The van der Waals surface area contributed by atoms with E-state index in [1.807, 2.05) is 35.2 Å². The lowest BCUT2D eigenvalue weighted by Crippen LogP contribution is -2.51. The second-order valence-electron chi connectivity index (χ2n) is 8.72. The number of aromatic nitrogens is 2. The molecule has 0 unspecified atom stereocenters. The standard InChI is InChI=1S/C25H28FN5O2/c26-21-6-8-22(9-7-21)30-14-16-31(17-15-30)25(32)20-10-12-29(13-11-20)18-23-27-24(28-33-23)19-4-2-1-3-5-19/h1-9,20H,10-18H2. The summed E-state index contributed by atoms with van der Waals surface area (Å²) in [4.78, 5) is 24.1. The molecule has 0 radical (unpaired) electrons. The number of carbonyl (C=O) groups is 1. The summed E-state index contributed by atoms with van der Waals surface area (Å²) in [5, 5.41) is 4.09. The molecule has 5 rings (SSSR count). The second kappa shape index (κ2) is 9.70. The van der Waals surface area contributed by atoms with Crippen molar-refractivity contribution in [2.45, 2.75) is 19.4 Å². The summed E-state index contributed by atoms with van der Waals surface area (Å²) in [5.41, 5.74) is 1.95. The number of hydrogen-bond acceptors (Lipinski definition) is 6. The summed E-state index contributed by atoms with van der Waals surface area (Å²) < 4.78 is 18.6. The minimum absolute atomic E-state index is 0.0705. The fourth-order valence-electron chi connectivity index (χ4n) is 4.65. The highest BCUT2D eigenvalue weighted by molar-refractivity contribution is 5.79. The number of nitrogens with zero attached hydrogens (tertiary/aromatic N) is 5. The first-order valence-corrected chi connectivity index (χ1v) is 11.6. The van der Waals surface area contributed by atoms with E-state index in [1.165, 1.54) is 12.1 Å². The lowest BCUT2D eigenvalue weighted by Gasteiger charge is -2.39. The van der Waals surface area contributed by atoms with Crippen molar-refractivity contribution < 1.29 is 13.7 Å². The normalized spacial score (nSPS) is 18.0. The van der Waals surface area contributed by atoms with Crippen molar-refractivity contribution in [2.75, 3.05) is 44.2 Å². The van der Waals surface area contributed by atoms with Gasteiger partial charge in [0.1, 0.15) is 5.82 Å². The Kier molecular flexibility index (Phi) is 6.35. The van der Waals surface area contributed by atoms with Crippen molar-refractivity contribution in [1.82, 2.24) is 19.9 Å². The maximum absolute atomic E-state index is 13.2. The highest BCUT2D eigenvalue weighted by Gasteiger charge is 2.31. The van der Waals surface area contributed by atoms with Gasteiger partial charge in [-0.2, -0.15) is 4.98 Å². The van der Waals surface area contributed by atoms with Crippen molar-refractivity contribution in [3.63, 3.8) is 0 Å². The van der Waals surface area contributed by atoms with Gasteiger partial charge in [-0.25, -0.2) is 4.39 Å². The third-order valence-corrected chi connectivity index (χ3v) is 6.58. The molecule has 2 aliphatic heterocycles. The number of benzene rings is 2. The molecule has 0 aliphatic carbocycles. The Hall–Kier alpha value is -3.26. The van der Waals surface area contributed by atoms with Gasteiger partial charge in [-0.3, -0.25) is 9.69 Å². The summed E-state index contributed by atoms with van der Waals surface area (Å²) in [6.07, 6.45) is 1.69. The Morgan fingerprint density at radius 3 is 2.33 bits per heavy atom. The first-order chi connectivity index (χ1) is 16.2. The van der Waals surface area contributed by atoms with Gasteiger partial charge in [0.25, 0.3) is 0 Å². The number of anilines is 1. The molecule has 2 aromatic carbocycles. The van der Waals surface area contributed by atoms with Crippen LogP contribution in [-0.2, 0) is 11.3 Å². The van der Waals surface area contributed by atoms with Crippen LogP contribution in [0.5, 0.6) is 0 Å². The maximum Gasteiger partial charge on any atom is 0.241 e. The van der Waals surface area contributed by atoms with Crippen LogP contribution in [0.3, 0.4) is 0 Å². The maximum atomic E-state index is 13.2. The highest BCUT2D eigenvalue weighted by atomic mass is 19.1. The number of amides is 1. The monoisotopic (exact) mass is 449 g/mol. The predicted molar refractivity (Wildman–Crippen MR) is 123 cm³/mol. The third-order valence-electron chi connectivity index (χ3n) is 6.58. The lowest BCUT2D eigenvalue weighted by molar-refractivity contribution is -0.137. The minimum Gasteiger partial charge on any atom is -0.368 e. The van der Waals surface area contributed by atoms with Crippen LogP contribution in [0.25, 0.3) is 11.4 Å². The van der Waals surface area contributed by atoms with Gasteiger partial charge in [-0.05, 0) is 50.2 Å². The molecule has 172 valence electrons. The number of halogens is 1. The largest absolute Gasteiger partial charge is 0.368 e. The van der Waals surface area contributed by atoms with Gasteiger partial charge in [0.05, 0.1) is 6.54 Å². The fraction of sp³-hybridized carbons (Fsp3) is 0.400. The first-order valence-electron chi connectivity index (χ1n) is 11.6. The summed E-state index contributed by atoms with van der Waals surface area (Å²) in [6, 6.07) is 16.4. The van der Waals surface area contributed by atoms with Crippen LogP contribution in [0, 0.1) is 11.7 Å². The summed E-state index contributed by atoms with van der Waals surface area (Å²) in [7, 11) is 0. The number of piperidine rings is 1. The molecule has 7 nitrogen and oxygen atoms in total. The van der Waals surface area contributed by atoms with E-state index < -0.39 is 0 Å². The van der Waals surface area contributed by atoms with Crippen molar-refractivity contribution >= 4 is 11.6 Å². The molecule has 1 aromatic heterocycles. The SMILES string of the molecule is O=C(C1CCN(Cc2nc(-c3ccccc3)no2)CC1)N1CCN(c2ccc(F)cc2)CC1. The molecule has 0 atom stereocenters. The number of hydrogen-bond donors (Lipinski definition) is 0.